The highest BCUT2D eigenvalue weighted by molar-refractivity contribution is 7.55. The van der Waals surface area contributed by atoms with Crippen LogP contribution >= 0.6 is 15.2 Å². The molecule has 59 heavy (non-hydrogen) atoms. The molecule has 0 radical (unpaired) electrons. The van der Waals surface area contributed by atoms with E-state index < -0.39 is 69.0 Å². The predicted octanol–water partition coefficient (Wildman–Crippen LogP) is 7.36. The van der Waals surface area contributed by atoms with Crippen molar-refractivity contribution in [2.45, 2.75) is 73.0 Å². The summed E-state index contributed by atoms with van der Waals surface area (Å²) in [7, 11) is -7.38. The van der Waals surface area contributed by atoms with Crippen molar-refractivity contribution in [3.63, 3.8) is 0 Å². The summed E-state index contributed by atoms with van der Waals surface area (Å²) in [6.07, 6.45) is -3.22. The number of esters is 4. The van der Waals surface area contributed by atoms with Crippen molar-refractivity contribution in [1.82, 2.24) is 0 Å². The second-order valence-corrected chi connectivity index (χ2v) is 17.6. The number of carbonyl (C=O) groups excluding carboxylic acids is 4. The number of benzene rings is 2. The van der Waals surface area contributed by atoms with Crippen molar-refractivity contribution in [2.24, 2.45) is 0 Å². The Labute approximate surface area is 346 Å². The molecule has 0 heterocycles. The Bertz CT molecular complexity index is 1660. The molecule has 0 aliphatic carbocycles. The van der Waals surface area contributed by atoms with E-state index in [1.54, 1.807) is 52.0 Å². The molecule has 2 aromatic rings. The Kier molecular flexibility index (Phi) is 21.3. The average Bonchev–Trinajstić information content (AvgIpc) is 3.17. The monoisotopic (exact) mass is 868 g/mol. The minimum atomic E-state index is -3.69. The zero-order chi connectivity index (χ0) is 44.2. The average molecular weight is 869 g/mol. The summed E-state index contributed by atoms with van der Waals surface area (Å²) in [5.41, 5.74) is 1.68. The Hall–Kier alpha value is -4.30. The Balaban J connectivity index is 2.08. The van der Waals surface area contributed by atoms with Crippen LogP contribution in [0.3, 0.4) is 0 Å². The van der Waals surface area contributed by atoms with Gasteiger partial charge < -0.3 is 46.5 Å². The molecule has 0 saturated carbocycles. The van der Waals surface area contributed by atoms with Gasteiger partial charge in [-0.1, -0.05) is 51.3 Å². The molecule has 0 aliphatic heterocycles. The first kappa shape index (κ1) is 50.8. The van der Waals surface area contributed by atoms with E-state index in [1.165, 1.54) is 13.8 Å². The van der Waals surface area contributed by atoms with Crippen LogP contribution in [0.15, 0.2) is 72.8 Å². The van der Waals surface area contributed by atoms with Gasteiger partial charge in [-0.3, -0.25) is 18.7 Å². The fraction of sp³-hybridized carbons (Fsp3) is 0.512. The van der Waals surface area contributed by atoms with E-state index in [2.05, 4.69) is 13.2 Å². The smallest absolute Gasteiger partial charge is 0.341 e. The molecule has 0 saturated heterocycles. The summed E-state index contributed by atoms with van der Waals surface area (Å²) in [6, 6.07) is 14.6. The van der Waals surface area contributed by atoms with Crippen molar-refractivity contribution in [2.75, 3.05) is 65.2 Å². The zero-order valence-electron chi connectivity index (χ0n) is 35.2. The van der Waals surface area contributed by atoms with Gasteiger partial charge in [-0.2, -0.15) is 0 Å². The summed E-state index contributed by atoms with van der Waals surface area (Å²) in [6.45, 7) is 20.0. The molecule has 0 aliphatic rings. The summed E-state index contributed by atoms with van der Waals surface area (Å²) in [4.78, 5) is 49.6. The first-order chi connectivity index (χ1) is 27.8. The third kappa shape index (κ3) is 17.8. The van der Waals surface area contributed by atoms with Crippen LogP contribution in [0.2, 0.25) is 0 Å². The van der Waals surface area contributed by atoms with Gasteiger partial charge >= 0.3 is 39.1 Å². The number of hydrogen-bond acceptors (Lipinski definition) is 16. The molecule has 18 heteroatoms. The van der Waals surface area contributed by atoms with Crippen LogP contribution in [0.4, 0.5) is 0 Å². The van der Waals surface area contributed by atoms with Crippen LogP contribution in [0.1, 0.15) is 66.5 Å². The maximum atomic E-state index is 12.7. The van der Waals surface area contributed by atoms with Crippen LogP contribution in [0, 0.1) is 0 Å². The van der Waals surface area contributed by atoms with E-state index in [-0.39, 0.29) is 64.0 Å². The third-order valence-electron chi connectivity index (χ3n) is 8.08. The minimum Gasteiger partial charge on any atom is -0.490 e. The molecule has 2 atom stereocenters. The Morgan fingerprint density at radius 3 is 1.14 bits per heavy atom. The van der Waals surface area contributed by atoms with Crippen LogP contribution in [-0.2, 0) is 70.8 Å². The molecule has 328 valence electrons. The van der Waals surface area contributed by atoms with Crippen LogP contribution in [0.25, 0.3) is 0 Å². The van der Waals surface area contributed by atoms with Gasteiger partial charge in [0.2, 0.25) is 0 Å². The second kappa shape index (κ2) is 24.7. The molecule has 0 N–H and O–H groups in total. The van der Waals surface area contributed by atoms with Gasteiger partial charge in [0.15, 0.2) is 12.2 Å². The molecule has 0 aromatic heterocycles. The van der Waals surface area contributed by atoms with Crippen LogP contribution in [-0.4, -0.2) is 101 Å². The van der Waals surface area contributed by atoms with E-state index in [4.69, 9.17) is 46.5 Å². The van der Waals surface area contributed by atoms with Crippen molar-refractivity contribution in [1.29, 1.82) is 0 Å². The highest BCUT2D eigenvalue weighted by atomic mass is 31.2. The van der Waals surface area contributed by atoms with Gasteiger partial charge in [-0.15, -0.1) is 0 Å². The molecule has 0 amide bonds. The number of carbonyl (C=O) groups is 4. The Morgan fingerprint density at radius 1 is 0.559 bits per heavy atom. The van der Waals surface area contributed by atoms with E-state index >= 15 is 0 Å². The van der Waals surface area contributed by atoms with Gasteiger partial charge in [0.25, 0.3) is 0 Å². The van der Waals surface area contributed by atoms with Gasteiger partial charge in [-0.05, 0) is 76.9 Å². The third-order valence-corrected chi connectivity index (χ3v) is 12.0. The van der Waals surface area contributed by atoms with E-state index in [0.29, 0.717) is 11.5 Å². The predicted molar refractivity (Wildman–Crippen MR) is 219 cm³/mol. The lowest BCUT2D eigenvalue weighted by Crippen LogP contribution is -2.31. The second-order valence-electron chi connectivity index (χ2n) is 13.5. The summed E-state index contributed by atoms with van der Waals surface area (Å²) in [5, 5.41) is 0. The highest BCUT2D eigenvalue weighted by Crippen LogP contribution is 2.48. The van der Waals surface area contributed by atoms with E-state index in [9.17, 15) is 28.3 Å². The SMILES string of the molecule is C=C(C)C(=O)OC(COC(=O)CP(=O)(OCC)OCC)COc1ccc(C(C)(C)c2ccc(OCC(COC(=O)CP(=O)(OCC)OCC)OC(=O)C(=C)C)cc2)cc1. The largest absolute Gasteiger partial charge is 0.490 e. The molecule has 0 spiro atoms. The van der Waals surface area contributed by atoms with E-state index in [1.807, 2.05) is 38.1 Å². The quantitative estimate of drug-likeness (QED) is 0.0356. The van der Waals surface area contributed by atoms with Crippen LogP contribution in [0.5, 0.6) is 11.5 Å². The first-order valence-corrected chi connectivity index (χ1v) is 22.5. The zero-order valence-corrected chi connectivity index (χ0v) is 37.0. The van der Waals surface area contributed by atoms with Crippen molar-refractivity contribution in [3.8, 4) is 11.5 Å². The Morgan fingerprint density at radius 2 is 0.864 bits per heavy atom. The lowest BCUT2D eigenvalue weighted by atomic mass is 9.78. The standard InChI is InChI=1S/C41H58O16P2/c1-11-52-58(46,53-12-2)27-37(42)50-25-35(56-39(44)29(5)6)23-48-33-19-15-31(16-20-33)41(9,10)32-17-21-34(22-18-32)49-24-36(57-40(45)30(7)8)26-51-38(43)28-59(47,54-13-3)55-14-4/h15-22,35-36H,5,7,11-14,23-28H2,1-4,6,8-10H3. The van der Waals surface area contributed by atoms with Gasteiger partial charge in [0.1, 0.15) is 50.3 Å². The molecule has 0 bridgehead atoms. The topological polar surface area (TPSA) is 195 Å². The maximum absolute atomic E-state index is 12.7. The van der Waals surface area contributed by atoms with Gasteiger partial charge in [-0.25, -0.2) is 9.59 Å². The number of hydrogen-bond donors (Lipinski definition) is 0. The lowest BCUT2D eigenvalue weighted by Gasteiger charge is -2.27. The molecule has 16 nitrogen and oxygen atoms in total. The van der Waals surface area contributed by atoms with Crippen molar-refractivity contribution < 1.29 is 74.8 Å². The molecule has 2 rings (SSSR count). The van der Waals surface area contributed by atoms with Crippen molar-refractivity contribution in [3.05, 3.63) is 84.0 Å². The van der Waals surface area contributed by atoms with Gasteiger partial charge in [0, 0.05) is 16.6 Å². The van der Waals surface area contributed by atoms with Gasteiger partial charge in [0.05, 0.1) is 26.4 Å². The summed E-state index contributed by atoms with van der Waals surface area (Å²) < 4.78 is 79.2. The minimum absolute atomic E-state index is 0.0796. The molecular formula is C41H58O16P2. The fourth-order valence-corrected chi connectivity index (χ4v) is 7.94. The fourth-order valence-electron chi connectivity index (χ4n) is 5.04. The normalized spacial score (nSPS) is 12.7. The molecule has 2 aromatic carbocycles. The first-order valence-electron chi connectivity index (χ1n) is 19.1. The summed E-state index contributed by atoms with van der Waals surface area (Å²) >= 11 is 0. The van der Waals surface area contributed by atoms with E-state index in [0.717, 1.165) is 11.1 Å². The number of ether oxygens (including phenoxy) is 6. The number of rotatable bonds is 28. The van der Waals surface area contributed by atoms with Crippen molar-refractivity contribution >= 4 is 39.1 Å². The maximum Gasteiger partial charge on any atom is 0.341 e. The highest BCUT2D eigenvalue weighted by Gasteiger charge is 2.31. The van der Waals surface area contributed by atoms with Crippen LogP contribution < -0.4 is 9.47 Å². The molecule has 2 unspecified atom stereocenters. The summed E-state index contributed by atoms with van der Waals surface area (Å²) in [5.74, 6) is -2.19. The molecular weight excluding hydrogens is 810 g/mol. The lowest BCUT2D eigenvalue weighted by molar-refractivity contribution is -0.156. The molecule has 0 fully saturated rings.